The molecule has 1 aliphatic carbocycles. The second-order valence-electron chi connectivity index (χ2n) is 5.73. The highest BCUT2D eigenvalue weighted by atomic mass is 32.2. The van der Waals surface area contributed by atoms with Gasteiger partial charge in [0.2, 0.25) is 0 Å². The lowest BCUT2D eigenvalue weighted by Gasteiger charge is -2.18. The highest BCUT2D eigenvalue weighted by Crippen LogP contribution is 2.33. The third-order valence-corrected chi connectivity index (χ3v) is 5.96. The molecule has 0 saturated heterocycles. The predicted octanol–water partition coefficient (Wildman–Crippen LogP) is 5.25. The molecule has 0 aliphatic heterocycles. The zero-order valence-corrected chi connectivity index (χ0v) is 18.2. The van der Waals surface area contributed by atoms with E-state index in [0.29, 0.717) is 0 Å². The first kappa shape index (κ1) is 22.7. The van der Waals surface area contributed by atoms with E-state index in [2.05, 4.69) is 36.4 Å². The first-order valence-electron chi connectivity index (χ1n) is 8.92. The summed E-state index contributed by atoms with van der Waals surface area (Å²) in [6.45, 7) is 15.3. The maximum atomic E-state index is 11.7. The van der Waals surface area contributed by atoms with Gasteiger partial charge in [0.15, 0.2) is 5.12 Å². The van der Waals surface area contributed by atoms with Gasteiger partial charge in [0, 0.05) is 36.1 Å². The van der Waals surface area contributed by atoms with E-state index in [0.717, 1.165) is 52.1 Å². The van der Waals surface area contributed by atoms with Gasteiger partial charge < -0.3 is 4.90 Å². The molecule has 0 unspecified atom stereocenters. The lowest BCUT2D eigenvalue weighted by Crippen LogP contribution is -2.25. The summed E-state index contributed by atoms with van der Waals surface area (Å²) >= 11 is 2.97. The van der Waals surface area contributed by atoms with Crippen molar-refractivity contribution in [3.8, 4) is 0 Å². The van der Waals surface area contributed by atoms with Crippen LogP contribution in [0.2, 0.25) is 0 Å². The maximum Gasteiger partial charge on any atom is 0.190 e. The Bertz CT molecular complexity index is 665. The molecule has 0 radical (unpaired) electrons. The molecular formula is C21H30N2OS2. The minimum absolute atomic E-state index is 0.0733. The van der Waals surface area contributed by atoms with Crippen LogP contribution in [0.1, 0.15) is 27.7 Å². The largest absolute Gasteiger partial charge is 0.303 e. The van der Waals surface area contributed by atoms with Crippen LogP contribution in [0.15, 0.2) is 62.9 Å². The molecule has 1 aliphatic rings. The van der Waals surface area contributed by atoms with Crippen molar-refractivity contribution in [2.75, 3.05) is 32.4 Å². The van der Waals surface area contributed by atoms with E-state index in [1.165, 1.54) is 11.8 Å². The van der Waals surface area contributed by atoms with Gasteiger partial charge in [0.05, 0.1) is 5.71 Å². The van der Waals surface area contributed by atoms with E-state index in [-0.39, 0.29) is 5.12 Å². The van der Waals surface area contributed by atoms with Crippen molar-refractivity contribution in [3.63, 3.8) is 0 Å². The van der Waals surface area contributed by atoms with Gasteiger partial charge in [-0.25, -0.2) is 0 Å². The molecular weight excluding hydrogens is 360 g/mol. The predicted molar refractivity (Wildman–Crippen MR) is 120 cm³/mol. The van der Waals surface area contributed by atoms with Crippen molar-refractivity contribution in [3.05, 3.63) is 57.9 Å². The molecule has 0 aromatic rings. The van der Waals surface area contributed by atoms with Gasteiger partial charge in [-0.15, -0.1) is 11.8 Å². The molecule has 0 N–H and O–H groups in total. The SMILES string of the molecule is C=C(SCCN(CC)CC)/C(=C/C1=CC(=C/C)/C(=NC)C=C1)SC(C)=O. The van der Waals surface area contributed by atoms with Crippen molar-refractivity contribution in [2.24, 2.45) is 4.99 Å². The fraction of sp³-hybridized carbons (Fsp3) is 0.429. The van der Waals surface area contributed by atoms with Crippen molar-refractivity contribution >= 4 is 34.4 Å². The summed E-state index contributed by atoms with van der Waals surface area (Å²) in [7, 11) is 1.79. The first-order chi connectivity index (χ1) is 12.4. The van der Waals surface area contributed by atoms with Gasteiger partial charge in [-0.2, -0.15) is 0 Å². The lowest BCUT2D eigenvalue weighted by atomic mass is 9.99. The van der Waals surface area contributed by atoms with Gasteiger partial charge >= 0.3 is 0 Å². The number of carbonyl (C=O) groups is 1. The minimum atomic E-state index is 0.0733. The second kappa shape index (κ2) is 12.2. The van der Waals surface area contributed by atoms with Gasteiger partial charge in [-0.3, -0.25) is 9.79 Å². The van der Waals surface area contributed by atoms with Crippen molar-refractivity contribution in [2.45, 2.75) is 27.7 Å². The Morgan fingerprint density at radius 3 is 2.54 bits per heavy atom. The van der Waals surface area contributed by atoms with Crippen LogP contribution in [0.3, 0.4) is 0 Å². The van der Waals surface area contributed by atoms with Crippen LogP contribution in [-0.4, -0.2) is 48.2 Å². The van der Waals surface area contributed by atoms with E-state index >= 15 is 0 Å². The lowest BCUT2D eigenvalue weighted by molar-refractivity contribution is -0.109. The molecule has 0 heterocycles. The van der Waals surface area contributed by atoms with Crippen molar-refractivity contribution < 1.29 is 4.79 Å². The number of hydrogen-bond donors (Lipinski definition) is 0. The number of carbonyl (C=O) groups excluding carboxylic acids is 1. The molecule has 0 fully saturated rings. The summed E-state index contributed by atoms with van der Waals surface area (Å²) in [5.41, 5.74) is 3.12. The molecule has 0 atom stereocenters. The fourth-order valence-corrected chi connectivity index (χ4v) is 4.20. The van der Waals surface area contributed by atoms with Gasteiger partial charge in [-0.05, 0) is 49.4 Å². The molecule has 0 saturated carbocycles. The summed E-state index contributed by atoms with van der Waals surface area (Å²) in [5, 5.41) is 0.0733. The summed E-state index contributed by atoms with van der Waals surface area (Å²) in [6, 6.07) is 0. The average molecular weight is 391 g/mol. The molecule has 5 heteroatoms. The van der Waals surface area contributed by atoms with E-state index < -0.39 is 0 Å². The molecule has 3 nitrogen and oxygen atoms in total. The van der Waals surface area contributed by atoms with Crippen LogP contribution in [0, 0.1) is 0 Å². The summed E-state index contributed by atoms with van der Waals surface area (Å²) in [6.07, 6.45) is 10.2. The third-order valence-electron chi connectivity index (χ3n) is 4.01. The van der Waals surface area contributed by atoms with Gasteiger partial charge in [0.25, 0.3) is 0 Å². The molecule has 0 spiro atoms. The molecule has 26 heavy (non-hydrogen) atoms. The van der Waals surface area contributed by atoms with E-state index in [1.54, 1.807) is 25.7 Å². The Labute approximate surface area is 167 Å². The van der Waals surface area contributed by atoms with Gasteiger partial charge in [-0.1, -0.05) is 44.3 Å². The van der Waals surface area contributed by atoms with Crippen LogP contribution < -0.4 is 0 Å². The molecule has 0 aromatic heterocycles. The number of nitrogens with zero attached hydrogens (tertiary/aromatic N) is 2. The summed E-state index contributed by atoms with van der Waals surface area (Å²) < 4.78 is 0. The molecule has 142 valence electrons. The third kappa shape index (κ3) is 7.52. The highest BCUT2D eigenvalue weighted by molar-refractivity contribution is 8.18. The Morgan fingerprint density at radius 2 is 2.00 bits per heavy atom. The Hall–Kier alpha value is -1.30. The highest BCUT2D eigenvalue weighted by Gasteiger charge is 2.12. The fourth-order valence-electron chi connectivity index (χ4n) is 2.48. The quantitative estimate of drug-likeness (QED) is 0.503. The van der Waals surface area contributed by atoms with Crippen molar-refractivity contribution in [1.29, 1.82) is 0 Å². The molecule has 1 rings (SSSR count). The normalized spacial score (nSPS) is 17.9. The zero-order chi connectivity index (χ0) is 19.5. The Balaban J connectivity index is 2.91. The smallest absolute Gasteiger partial charge is 0.190 e. The molecule has 0 aromatic carbocycles. The van der Waals surface area contributed by atoms with Crippen molar-refractivity contribution in [1.82, 2.24) is 4.90 Å². The monoisotopic (exact) mass is 390 g/mol. The topological polar surface area (TPSA) is 32.7 Å². The number of rotatable bonds is 9. The minimum Gasteiger partial charge on any atom is -0.303 e. The average Bonchev–Trinajstić information content (AvgIpc) is 2.64. The van der Waals surface area contributed by atoms with Crippen LogP contribution in [0.25, 0.3) is 0 Å². The van der Waals surface area contributed by atoms with E-state index in [1.807, 2.05) is 31.2 Å². The number of allylic oxidation sites excluding steroid dienone is 7. The van der Waals surface area contributed by atoms with E-state index in [9.17, 15) is 4.79 Å². The second-order valence-corrected chi connectivity index (χ2v) is 8.14. The van der Waals surface area contributed by atoms with Crippen LogP contribution in [0.4, 0.5) is 0 Å². The summed E-state index contributed by atoms with van der Waals surface area (Å²) in [4.78, 5) is 20.2. The number of hydrogen-bond acceptors (Lipinski definition) is 5. The number of thioether (sulfide) groups is 2. The molecule has 0 bridgehead atoms. The molecule has 0 amide bonds. The van der Waals surface area contributed by atoms with Crippen LogP contribution in [0.5, 0.6) is 0 Å². The van der Waals surface area contributed by atoms with E-state index in [4.69, 9.17) is 0 Å². The standard InChI is InChI=1S/C21H30N2OS2/c1-7-19-14-18(10-11-20(19)22-6)15-21(26-17(5)24)16(4)25-13-12-23(8-2)9-3/h7,10-11,14-15H,4,8-9,12-13H2,1-3,5-6H3/b19-7-,21-15-,22-20?. The zero-order valence-electron chi connectivity index (χ0n) is 16.5. The maximum absolute atomic E-state index is 11.7. The Kier molecular flexibility index (Phi) is 10.6. The summed E-state index contributed by atoms with van der Waals surface area (Å²) in [5.74, 6) is 0.970. The van der Waals surface area contributed by atoms with Crippen LogP contribution >= 0.6 is 23.5 Å². The first-order valence-corrected chi connectivity index (χ1v) is 10.7. The number of aliphatic imine (C=N–C) groups is 1. The Morgan fingerprint density at radius 1 is 1.31 bits per heavy atom. The van der Waals surface area contributed by atoms with Crippen LogP contribution in [-0.2, 0) is 4.79 Å². The van der Waals surface area contributed by atoms with Gasteiger partial charge in [0.1, 0.15) is 0 Å².